The lowest BCUT2D eigenvalue weighted by Crippen LogP contribution is -2.46. The van der Waals surface area contributed by atoms with Gasteiger partial charge in [-0.15, -0.1) is 0 Å². The van der Waals surface area contributed by atoms with Crippen molar-refractivity contribution in [3.63, 3.8) is 0 Å². The average molecular weight is 317 g/mol. The summed E-state index contributed by atoms with van der Waals surface area (Å²) < 4.78 is 0. The van der Waals surface area contributed by atoms with Crippen LogP contribution >= 0.6 is 11.8 Å². The summed E-state index contributed by atoms with van der Waals surface area (Å²) in [6.07, 6.45) is 3.71. The SMILES string of the molecule is CC1CCCC(C)C1NC(=O)CSc1nc2ccccc2[nH]1. The molecule has 1 heterocycles. The maximum atomic E-state index is 12.2. The number of para-hydroxylation sites is 2. The van der Waals surface area contributed by atoms with Crippen molar-refractivity contribution < 1.29 is 4.79 Å². The highest BCUT2D eigenvalue weighted by molar-refractivity contribution is 7.99. The molecule has 5 heteroatoms. The Kier molecular flexibility index (Phi) is 4.71. The van der Waals surface area contributed by atoms with Crippen LogP contribution in [0.5, 0.6) is 0 Å². The normalized spacial score (nSPS) is 25.3. The van der Waals surface area contributed by atoms with E-state index in [0.29, 0.717) is 23.6 Å². The molecule has 0 radical (unpaired) electrons. The maximum Gasteiger partial charge on any atom is 0.230 e. The highest BCUT2D eigenvalue weighted by Crippen LogP contribution is 2.29. The number of thioether (sulfide) groups is 1. The number of hydrogen-bond donors (Lipinski definition) is 2. The number of aromatic nitrogens is 2. The number of aromatic amines is 1. The van der Waals surface area contributed by atoms with Crippen molar-refractivity contribution in [3.05, 3.63) is 24.3 Å². The van der Waals surface area contributed by atoms with E-state index in [2.05, 4.69) is 29.1 Å². The number of nitrogens with one attached hydrogen (secondary N) is 2. The number of carbonyl (C=O) groups is 1. The van der Waals surface area contributed by atoms with Crippen LogP contribution in [-0.4, -0.2) is 27.7 Å². The van der Waals surface area contributed by atoms with Gasteiger partial charge in [-0.1, -0.05) is 44.2 Å². The molecule has 4 nitrogen and oxygen atoms in total. The summed E-state index contributed by atoms with van der Waals surface area (Å²) in [5, 5.41) is 4.03. The highest BCUT2D eigenvalue weighted by Gasteiger charge is 2.28. The minimum atomic E-state index is 0.107. The molecule has 1 aliphatic carbocycles. The van der Waals surface area contributed by atoms with Gasteiger partial charge in [0, 0.05) is 6.04 Å². The van der Waals surface area contributed by atoms with Crippen LogP contribution in [0.25, 0.3) is 11.0 Å². The largest absolute Gasteiger partial charge is 0.352 e. The first kappa shape index (κ1) is 15.4. The zero-order valence-electron chi connectivity index (χ0n) is 13.1. The summed E-state index contributed by atoms with van der Waals surface area (Å²) in [6, 6.07) is 8.24. The van der Waals surface area contributed by atoms with E-state index in [-0.39, 0.29) is 5.91 Å². The van der Waals surface area contributed by atoms with E-state index >= 15 is 0 Å². The van der Waals surface area contributed by atoms with Gasteiger partial charge in [0.1, 0.15) is 0 Å². The van der Waals surface area contributed by atoms with E-state index in [1.165, 1.54) is 31.0 Å². The molecule has 2 unspecified atom stereocenters. The van der Waals surface area contributed by atoms with Crippen LogP contribution in [0.4, 0.5) is 0 Å². The van der Waals surface area contributed by atoms with Gasteiger partial charge in [-0.2, -0.15) is 0 Å². The van der Waals surface area contributed by atoms with Crippen LogP contribution in [-0.2, 0) is 4.79 Å². The molecular weight excluding hydrogens is 294 g/mol. The number of benzene rings is 1. The van der Waals surface area contributed by atoms with Crippen molar-refractivity contribution in [1.29, 1.82) is 0 Å². The van der Waals surface area contributed by atoms with E-state index in [1.807, 2.05) is 24.3 Å². The number of fused-ring (bicyclic) bond motifs is 1. The van der Waals surface area contributed by atoms with Crippen LogP contribution in [0.15, 0.2) is 29.4 Å². The zero-order valence-corrected chi connectivity index (χ0v) is 14.0. The van der Waals surface area contributed by atoms with Crippen molar-refractivity contribution in [2.24, 2.45) is 11.8 Å². The van der Waals surface area contributed by atoms with Crippen LogP contribution < -0.4 is 5.32 Å². The first-order valence-electron chi connectivity index (χ1n) is 8.00. The first-order chi connectivity index (χ1) is 10.6. The molecule has 0 bridgehead atoms. The second-order valence-electron chi connectivity index (χ2n) is 6.33. The van der Waals surface area contributed by atoms with E-state index in [9.17, 15) is 4.79 Å². The third-order valence-corrected chi connectivity index (χ3v) is 5.45. The number of imidazole rings is 1. The predicted octanol–water partition coefficient (Wildman–Crippen LogP) is 3.60. The lowest BCUT2D eigenvalue weighted by Gasteiger charge is -2.35. The number of carbonyl (C=O) groups excluding carboxylic acids is 1. The van der Waals surface area contributed by atoms with Crippen molar-refractivity contribution >= 4 is 28.7 Å². The van der Waals surface area contributed by atoms with Crippen molar-refractivity contribution in [1.82, 2.24) is 15.3 Å². The van der Waals surface area contributed by atoms with Gasteiger partial charge in [0.2, 0.25) is 5.91 Å². The van der Waals surface area contributed by atoms with Crippen LogP contribution in [0, 0.1) is 11.8 Å². The molecule has 1 aromatic carbocycles. The Morgan fingerprint density at radius 1 is 1.32 bits per heavy atom. The molecule has 3 rings (SSSR count). The van der Waals surface area contributed by atoms with Gasteiger partial charge < -0.3 is 10.3 Å². The van der Waals surface area contributed by atoms with Crippen molar-refractivity contribution in [3.8, 4) is 0 Å². The number of rotatable bonds is 4. The average Bonchev–Trinajstić information content (AvgIpc) is 2.92. The number of nitrogens with zero attached hydrogens (tertiary/aromatic N) is 1. The van der Waals surface area contributed by atoms with Gasteiger partial charge in [-0.05, 0) is 36.8 Å². The molecule has 1 saturated carbocycles. The minimum Gasteiger partial charge on any atom is -0.352 e. The minimum absolute atomic E-state index is 0.107. The fraction of sp³-hybridized carbons (Fsp3) is 0.529. The Labute approximate surface area is 135 Å². The fourth-order valence-electron chi connectivity index (χ4n) is 3.33. The maximum absolute atomic E-state index is 12.2. The van der Waals surface area contributed by atoms with Crippen molar-refractivity contribution in [2.45, 2.75) is 44.3 Å². The summed E-state index contributed by atoms with van der Waals surface area (Å²) in [5.74, 6) is 1.67. The molecule has 0 aliphatic heterocycles. The van der Waals surface area contributed by atoms with Gasteiger partial charge in [0.25, 0.3) is 0 Å². The van der Waals surface area contributed by atoms with Gasteiger partial charge in [-0.25, -0.2) is 4.98 Å². The van der Waals surface area contributed by atoms with Gasteiger partial charge in [-0.3, -0.25) is 4.79 Å². The molecule has 118 valence electrons. The van der Waals surface area contributed by atoms with Gasteiger partial charge in [0.05, 0.1) is 16.8 Å². The molecular formula is C17H23N3OS. The Hall–Kier alpha value is -1.49. The van der Waals surface area contributed by atoms with E-state index in [4.69, 9.17) is 0 Å². The summed E-state index contributed by atoms with van der Waals surface area (Å²) in [5.41, 5.74) is 1.96. The Balaban J connectivity index is 1.55. The molecule has 2 atom stereocenters. The summed E-state index contributed by atoms with van der Waals surface area (Å²) >= 11 is 1.47. The molecule has 1 amide bonds. The Morgan fingerprint density at radius 3 is 2.77 bits per heavy atom. The van der Waals surface area contributed by atoms with E-state index < -0.39 is 0 Å². The lowest BCUT2D eigenvalue weighted by molar-refractivity contribution is -0.120. The van der Waals surface area contributed by atoms with Crippen LogP contribution in [0.3, 0.4) is 0 Å². The topological polar surface area (TPSA) is 57.8 Å². The third-order valence-electron chi connectivity index (χ3n) is 4.58. The smallest absolute Gasteiger partial charge is 0.230 e. The lowest BCUT2D eigenvalue weighted by atomic mass is 9.79. The Morgan fingerprint density at radius 2 is 2.05 bits per heavy atom. The molecule has 2 aromatic rings. The molecule has 1 aromatic heterocycles. The monoisotopic (exact) mass is 317 g/mol. The molecule has 0 saturated heterocycles. The predicted molar refractivity (Wildman–Crippen MR) is 90.9 cm³/mol. The quantitative estimate of drug-likeness (QED) is 0.847. The van der Waals surface area contributed by atoms with Crippen molar-refractivity contribution in [2.75, 3.05) is 5.75 Å². The highest BCUT2D eigenvalue weighted by atomic mass is 32.2. The number of H-pyrrole nitrogens is 1. The van der Waals surface area contributed by atoms with E-state index in [1.54, 1.807) is 0 Å². The third kappa shape index (κ3) is 3.46. The van der Waals surface area contributed by atoms with Gasteiger partial charge in [0.15, 0.2) is 5.16 Å². The molecule has 0 spiro atoms. The standard InChI is InChI=1S/C17H23N3OS/c1-11-6-5-7-12(2)16(11)20-15(21)10-22-17-18-13-8-3-4-9-14(13)19-17/h3-4,8-9,11-12,16H,5-7,10H2,1-2H3,(H,18,19)(H,20,21). The van der Waals surface area contributed by atoms with Crippen LogP contribution in [0.1, 0.15) is 33.1 Å². The van der Waals surface area contributed by atoms with Crippen LogP contribution in [0.2, 0.25) is 0 Å². The summed E-state index contributed by atoms with van der Waals surface area (Å²) in [7, 11) is 0. The molecule has 2 N–H and O–H groups in total. The first-order valence-corrected chi connectivity index (χ1v) is 8.99. The second-order valence-corrected chi connectivity index (χ2v) is 7.29. The summed E-state index contributed by atoms with van der Waals surface area (Å²) in [4.78, 5) is 20.0. The number of amides is 1. The van der Waals surface area contributed by atoms with Gasteiger partial charge >= 0.3 is 0 Å². The molecule has 1 aliphatic rings. The molecule has 22 heavy (non-hydrogen) atoms. The zero-order chi connectivity index (χ0) is 15.5. The van der Waals surface area contributed by atoms with E-state index in [0.717, 1.165) is 16.2 Å². The number of hydrogen-bond acceptors (Lipinski definition) is 3. The fourth-order valence-corrected chi connectivity index (χ4v) is 4.02. The second kappa shape index (κ2) is 6.73. The Bertz CT molecular complexity index is 611. The molecule has 1 fully saturated rings. The summed E-state index contributed by atoms with van der Waals surface area (Å²) in [6.45, 7) is 4.49.